The molecule has 0 spiro atoms. The first-order valence-corrected chi connectivity index (χ1v) is 7.80. The molecule has 132 valence electrons. The van der Waals surface area contributed by atoms with Crippen LogP contribution in [0.5, 0.6) is 0 Å². The molecule has 0 amide bonds. The number of benzene rings is 3. The summed E-state index contributed by atoms with van der Waals surface area (Å²) in [5.74, 6) is -0.293. The number of carbonyl (C=O) groups is 1. The molecular weight excluding hydrogens is 352 g/mol. The molecule has 4 rings (SSSR count). The van der Waals surface area contributed by atoms with E-state index < -0.39 is 21.2 Å². The van der Waals surface area contributed by atoms with Gasteiger partial charge in [0.1, 0.15) is 11.4 Å². The van der Waals surface area contributed by atoms with Gasteiger partial charge in [0.05, 0.1) is 15.9 Å². The number of hydrogen-bond acceptors (Lipinski definition) is 7. The van der Waals surface area contributed by atoms with Crippen molar-refractivity contribution >= 4 is 39.3 Å². The van der Waals surface area contributed by atoms with Crippen LogP contribution in [0, 0.1) is 20.2 Å². The lowest BCUT2D eigenvalue weighted by molar-refractivity contribution is -0.393. The van der Waals surface area contributed by atoms with E-state index in [1.165, 1.54) is 6.07 Å². The maximum Gasteiger partial charge on any atom is 0.301 e. The number of ketones is 1. The van der Waals surface area contributed by atoms with Crippen molar-refractivity contribution in [1.82, 2.24) is 0 Å². The fourth-order valence-electron chi connectivity index (χ4n) is 3.08. The number of nitro groups is 2. The molecule has 0 fully saturated rings. The SMILES string of the molecule is O=C1C(=NNc2ccc([N+](=O)[O-])cc2[N+](=O)[O-])c2cccc3cccc1c23. The van der Waals surface area contributed by atoms with Gasteiger partial charge in [-0.3, -0.25) is 30.4 Å². The number of rotatable bonds is 4. The molecule has 0 radical (unpaired) electrons. The van der Waals surface area contributed by atoms with E-state index in [1.54, 1.807) is 24.3 Å². The zero-order chi connectivity index (χ0) is 19.1. The third-order valence-electron chi connectivity index (χ3n) is 4.30. The highest BCUT2D eigenvalue weighted by Crippen LogP contribution is 2.32. The molecule has 0 aliphatic heterocycles. The number of anilines is 1. The molecule has 9 heteroatoms. The Morgan fingerprint density at radius 1 is 0.889 bits per heavy atom. The second-order valence-corrected chi connectivity index (χ2v) is 5.83. The zero-order valence-electron chi connectivity index (χ0n) is 13.6. The zero-order valence-corrected chi connectivity index (χ0v) is 13.6. The van der Waals surface area contributed by atoms with Gasteiger partial charge in [0.15, 0.2) is 0 Å². The van der Waals surface area contributed by atoms with Gasteiger partial charge in [0.2, 0.25) is 5.78 Å². The highest BCUT2D eigenvalue weighted by molar-refractivity contribution is 6.59. The van der Waals surface area contributed by atoms with Crippen molar-refractivity contribution in [3.63, 3.8) is 0 Å². The van der Waals surface area contributed by atoms with Crippen LogP contribution in [-0.4, -0.2) is 21.3 Å². The van der Waals surface area contributed by atoms with Gasteiger partial charge in [-0.05, 0) is 11.5 Å². The number of hydrogen-bond donors (Lipinski definition) is 1. The normalized spacial score (nSPS) is 13.9. The highest BCUT2D eigenvalue weighted by atomic mass is 16.6. The summed E-state index contributed by atoms with van der Waals surface area (Å²) in [6.45, 7) is 0. The van der Waals surface area contributed by atoms with E-state index in [0.29, 0.717) is 11.1 Å². The molecule has 27 heavy (non-hydrogen) atoms. The average molecular weight is 362 g/mol. The Kier molecular flexibility index (Phi) is 3.62. The number of nitro benzene ring substituents is 2. The largest absolute Gasteiger partial charge is 0.301 e. The molecule has 0 bridgehead atoms. The van der Waals surface area contributed by atoms with Gasteiger partial charge in [-0.15, -0.1) is 0 Å². The Labute approximate surface area is 151 Å². The second kappa shape index (κ2) is 5.99. The van der Waals surface area contributed by atoms with Crippen molar-refractivity contribution in [2.45, 2.75) is 0 Å². The third-order valence-corrected chi connectivity index (χ3v) is 4.30. The molecule has 3 aromatic rings. The van der Waals surface area contributed by atoms with Gasteiger partial charge >= 0.3 is 5.69 Å². The Bertz CT molecular complexity index is 1180. The minimum Gasteiger partial charge on any atom is -0.287 e. The van der Waals surface area contributed by atoms with E-state index in [1.807, 2.05) is 12.1 Å². The molecule has 0 atom stereocenters. The smallest absolute Gasteiger partial charge is 0.287 e. The van der Waals surface area contributed by atoms with Crippen LogP contribution in [0.3, 0.4) is 0 Å². The van der Waals surface area contributed by atoms with E-state index in [-0.39, 0.29) is 17.2 Å². The molecule has 9 nitrogen and oxygen atoms in total. The molecule has 0 unspecified atom stereocenters. The molecule has 0 aromatic heterocycles. The molecular formula is C18H10N4O5. The van der Waals surface area contributed by atoms with Crippen LogP contribution in [0.1, 0.15) is 15.9 Å². The van der Waals surface area contributed by atoms with Gasteiger partial charge in [0, 0.05) is 22.6 Å². The lowest BCUT2D eigenvalue weighted by Gasteiger charge is -2.04. The quantitative estimate of drug-likeness (QED) is 0.557. The van der Waals surface area contributed by atoms with Crippen molar-refractivity contribution in [2.75, 3.05) is 5.43 Å². The van der Waals surface area contributed by atoms with Gasteiger partial charge < -0.3 is 0 Å². The Hall–Kier alpha value is -4.14. The summed E-state index contributed by atoms with van der Waals surface area (Å²) in [6, 6.07) is 13.9. The van der Waals surface area contributed by atoms with E-state index in [0.717, 1.165) is 22.9 Å². The van der Waals surface area contributed by atoms with Crippen molar-refractivity contribution in [3.05, 3.63) is 86.0 Å². The van der Waals surface area contributed by atoms with E-state index in [2.05, 4.69) is 10.5 Å². The molecule has 3 aromatic carbocycles. The van der Waals surface area contributed by atoms with Crippen molar-refractivity contribution in [1.29, 1.82) is 0 Å². The van der Waals surface area contributed by atoms with Crippen LogP contribution in [0.25, 0.3) is 10.8 Å². The highest BCUT2D eigenvalue weighted by Gasteiger charge is 2.29. The number of non-ortho nitro benzene ring substituents is 1. The minimum absolute atomic E-state index is 0.0472. The van der Waals surface area contributed by atoms with Crippen molar-refractivity contribution in [3.8, 4) is 0 Å². The van der Waals surface area contributed by atoms with Gasteiger partial charge in [-0.1, -0.05) is 36.4 Å². The second-order valence-electron chi connectivity index (χ2n) is 5.83. The summed E-state index contributed by atoms with van der Waals surface area (Å²) in [4.78, 5) is 33.2. The standard InChI is InChI=1S/C18H10N4O5/c23-18-13-6-2-4-10-3-1-5-12(16(10)13)17(18)20-19-14-8-7-11(21(24)25)9-15(14)22(26)27/h1-9,19H. The van der Waals surface area contributed by atoms with Gasteiger partial charge in [-0.2, -0.15) is 5.10 Å². The lowest BCUT2D eigenvalue weighted by atomic mass is 10.1. The molecule has 0 saturated heterocycles. The number of carbonyl (C=O) groups excluding carboxylic acids is 1. The van der Waals surface area contributed by atoms with E-state index >= 15 is 0 Å². The number of nitrogens with zero attached hydrogens (tertiary/aromatic N) is 3. The fraction of sp³-hybridized carbons (Fsp3) is 0. The van der Waals surface area contributed by atoms with Crippen LogP contribution in [0.15, 0.2) is 59.7 Å². The summed E-state index contributed by atoms with van der Waals surface area (Å²) in [5, 5.41) is 27.8. The van der Waals surface area contributed by atoms with Crippen molar-refractivity contribution < 1.29 is 14.6 Å². The van der Waals surface area contributed by atoms with Crippen LogP contribution in [0.4, 0.5) is 17.1 Å². The Morgan fingerprint density at radius 2 is 1.59 bits per heavy atom. The van der Waals surface area contributed by atoms with Crippen LogP contribution in [-0.2, 0) is 0 Å². The Morgan fingerprint density at radius 3 is 2.26 bits per heavy atom. The van der Waals surface area contributed by atoms with Crippen LogP contribution >= 0.6 is 0 Å². The maximum absolute atomic E-state index is 12.7. The van der Waals surface area contributed by atoms with Crippen LogP contribution in [0.2, 0.25) is 0 Å². The third kappa shape index (κ3) is 2.58. The lowest BCUT2D eigenvalue weighted by Crippen LogP contribution is -2.11. The average Bonchev–Trinajstić information content (AvgIpc) is 2.93. The van der Waals surface area contributed by atoms with Crippen LogP contribution < -0.4 is 5.43 Å². The molecule has 1 aliphatic carbocycles. The van der Waals surface area contributed by atoms with Gasteiger partial charge in [0.25, 0.3) is 5.69 Å². The molecule has 0 saturated carbocycles. The van der Waals surface area contributed by atoms with Crippen molar-refractivity contribution in [2.24, 2.45) is 5.10 Å². The number of hydrazone groups is 1. The summed E-state index contributed by atoms with van der Waals surface area (Å²) in [5.41, 5.74) is 2.83. The monoisotopic (exact) mass is 362 g/mol. The summed E-state index contributed by atoms with van der Waals surface area (Å²) in [6.07, 6.45) is 0. The first kappa shape index (κ1) is 16.3. The summed E-state index contributed by atoms with van der Waals surface area (Å²) < 4.78 is 0. The Balaban J connectivity index is 1.77. The molecule has 1 aliphatic rings. The number of nitrogens with one attached hydrogen (secondary N) is 1. The molecule has 0 heterocycles. The van der Waals surface area contributed by atoms with E-state index in [9.17, 15) is 25.0 Å². The summed E-state index contributed by atoms with van der Waals surface area (Å²) >= 11 is 0. The first-order valence-electron chi connectivity index (χ1n) is 7.80. The first-order chi connectivity index (χ1) is 13.0. The predicted molar refractivity (Wildman–Crippen MR) is 98.2 cm³/mol. The minimum atomic E-state index is -0.749. The number of Topliss-reactive ketones (excluding diaryl/α,β-unsaturated/α-hetero) is 1. The predicted octanol–water partition coefficient (Wildman–Crippen LogP) is 3.67. The summed E-state index contributed by atoms with van der Waals surface area (Å²) in [7, 11) is 0. The maximum atomic E-state index is 12.7. The van der Waals surface area contributed by atoms with E-state index in [4.69, 9.17) is 0 Å². The van der Waals surface area contributed by atoms with Gasteiger partial charge in [-0.25, -0.2) is 0 Å². The fourth-order valence-corrected chi connectivity index (χ4v) is 3.08. The molecule has 1 N–H and O–H groups in total. The topological polar surface area (TPSA) is 128 Å².